The van der Waals surface area contributed by atoms with Crippen LogP contribution in [-0.4, -0.2) is 23.4 Å². The number of aromatic nitrogens is 2. The average Bonchev–Trinajstić information content (AvgIpc) is 2.90. The van der Waals surface area contributed by atoms with E-state index in [0.29, 0.717) is 6.61 Å². The second-order valence-corrected chi connectivity index (χ2v) is 4.96. The van der Waals surface area contributed by atoms with Crippen molar-refractivity contribution in [2.75, 3.05) is 13.7 Å². The summed E-state index contributed by atoms with van der Waals surface area (Å²) in [5.74, 6) is 1.48. The molecule has 1 aromatic heterocycles. The third-order valence-electron chi connectivity index (χ3n) is 3.34. The molecule has 0 saturated carbocycles. The Morgan fingerprint density at radius 1 is 1.29 bits per heavy atom. The summed E-state index contributed by atoms with van der Waals surface area (Å²) in [6, 6.07) is 8.25. The normalized spacial score (nSPS) is 12.2. The van der Waals surface area contributed by atoms with Crippen molar-refractivity contribution in [2.45, 2.75) is 26.5 Å². The van der Waals surface area contributed by atoms with E-state index < -0.39 is 0 Å². The number of nitrogens with one attached hydrogen (secondary N) is 1. The zero-order valence-electron chi connectivity index (χ0n) is 13.1. The molecule has 0 saturated heterocycles. The van der Waals surface area contributed by atoms with Crippen molar-refractivity contribution in [3.63, 3.8) is 0 Å². The summed E-state index contributed by atoms with van der Waals surface area (Å²) >= 11 is 0. The van der Waals surface area contributed by atoms with Gasteiger partial charge in [0.25, 0.3) is 0 Å². The monoisotopic (exact) mass is 289 g/mol. The van der Waals surface area contributed by atoms with Crippen molar-refractivity contribution >= 4 is 0 Å². The minimum Gasteiger partial charge on any atom is -0.493 e. The molecule has 5 heteroatoms. The SMILES string of the molecule is CCNC(C)c1ccc(OCc2ccn(C)n2)c(OC)c1. The number of methoxy groups -OCH3 is 1. The molecule has 5 nitrogen and oxygen atoms in total. The predicted molar refractivity (Wildman–Crippen MR) is 82.6 cm³/mol. The van der Waals surface area contributed by atoms with Crippen LogP contribution in [0.1, 0.15) is 31.1 Å². The Labute approximate surface area is 125 Å². The Hall–Kier alpha value is -2.01. The quantitative estimate of drug-likeness (QED) is 0.851. The number of hydrogen-bond acceptors (Lipinski definition) is 4. The van der Waals surface area contributed by atoms with Gasteiger partial charge in [0, 0.05) is 19.3 Å². The molecule has 0 fully saturated rings. The lowest BCUT2D eigenvalue weighted by molar-refractivity contribution is 0.279. The Morgan fingerprint density at radius 3 is 2.71 bits per heavy atom. The molecule has 0 aliphatic heterocycles. The van der Waals surface area contributed by atoms with E-state index >= 15 is 0 Å². The van der Waals surface area contributed by atoms with Gasteiger partial charge in [-0.2, -0.15) is 5.10 Å². The van der Waals surface area contributed by atoms with Gasteiger partial charge in [-0.05, 0) is 37.2 Å². The molecule has 2 rings (SSSR count). The topological polar surface area (TPSA) is 48.3 Å². The second kappa shape index (κ2) is 7.13. The summed E-state index contributed by atoms with van der Waals surface area (Å²) in [4.78, 5) is 0. The molecule has 0 aliphatic rings. The summed E-state index contributed by atoms with van der Waals surface area (Å²) in [5.41, 5.74) is 2.07. The molecule has 2 aromatic rings. The average molecular weight is 289 g/mol. The van der Waals surface area contributed by atoms with Crippen LogP contribution in [0.4, 0.5) is 0 Å². The van der Waals surface area contributed by atoms with E-state index in [9.17, 15) is 0 Å². The highest BCUT2D eigenvalue weighted by atomic mass is 16.5. The molecule has 0 spiro atoms. The molecule has 1 unspecified atom stereocenters. The first-order chi connectivity index (χ1) is 10.1. The smallest absolute Gasteiger partial charge is 0.161 e. The largest absolute Gasteiger partial charge is 0.493 e. The van der Waals surface area contributed by atoms with Crippen LogP contribution in [0.2, 0.25) is 0 Å². The third kappa shape index (κ3) is 3.98. The second-order valence-electron chi connectivity index (χ2n) is 4.96. The molecule has 21 heavy (non-hydrogen) atoms. The fourth-order valence-electron chi connectivity index (χ4n) is 2.19. The summed E-state index contributed by atoms with van der Waals surface area (Å²) in [6.45, 7) is 5.59. The van der Waals surface area contributed by atoms with Crippen molar-refractivity contribution in [1.29, 1.82) is 0 Å². The van der Waals surface area contributed by atoms with Gasteiger partial charge >= 0.3 is 0 Å². The van der Waals surface area contributed by atoms with E-state index in [-0.39, 0.29) is 6.04 Å². The van der Waals surface area contributed by atoms with Crippen LogP contribution >= 0.6 is 0 Å². The Kier molecular flexibility index (Phi) is 5.22. The highest BCUT2D eigenvalue weighted by Crippen LogP contribution is 2.30. The van der Waals surface area contributed by atoms with Gasteiger partial charge in [0.2, 0.25) is 0 Å². The summed E-state index contributed by atoms with van der Waals surface area (Å²) in [7, 11) is 3.55. The van der Waals surface area contributed by atoms with Crippen LogP contribution in [0.3, 0.4) is 0 Å². The van der Waals surface area contributed by atoms with E-state index in [1.807, 2.05) is 31.4 Å². The van der Waals surface area contributed by atoms with Gasteiger partial charge in [0.1, 0.15) is 6.61 Å². The molecular weight excluding hydrogens is 266 g/mol. The van der Waals surface area contributed by atoms with Crippen LogP contribution in [0.25, 0.3) is 0 Å². The van der Waals surface area contributed by atoms with Crippen molar-refractivity contribution < 1.29 is 9.47 Å². The minimum atomic E-state index is 0.286. The number of rotatable bonds is 7. The predicted octanol–water partition coefficient (Wildman–Crippen LogP) is 2.68. The molecule has 114 valence electrons. The van der Waals surface area contributed by atoms with Gasteiger partial charge in [0.15, 0.2) is 11.5 Å². The van der Waals surface area contributed by atoms with Gasteiger partial charge in [-0.25, -0.2) is 0 Å². The zero-order chi connectivity index (χ0) is 15.2. The Morgan fingerprint density at radius 2 is 2.10 bits per heavy atom. The lowest BCUT2D eigenvalue weighted by Crippen LogP contribution is -2.17. The number of nitrogens with zero attached hydrogens (tertiary/aromatic N) is 2. The van der Waals surface area contributed by atoms with Crippen LogP contribution in [-0.2, 0) is 13.7 Å². The Bertz CT molecular complexity index is 581. The van der Waals surface area contributed by atoms with Crippen molar-refractivity contribution in [3.8, 4) is 11.5 Å². The summed E-state index contributed by atoms with van der Waals surface area (Å²) in [5, 5.41) is 7.68. The molecule has 1 N–H and O–H groups in total. The summed E-state index contributed by atoms with van der Waals surface area (Å²) in [6.07, 6.45) is 1.90. The minimum absolute atomic E-state index is 0.286. The number of aryl methyl sites for hydroxylation is 1. The molecule has 1 atom stereocenters. The van der Waals surface area contributed by atoms with Crippen LogP contribution < -0.4 is 14.8 Å². The summed E-state index contributed by atoms with van der Waals surface area (Å²) < 4.78 is 13.0. The maximum Gasteiger partial charge on any atom is 0.161 e. The molecule has 0 amide bonds. The first-order valence-corrected chi connectivity index (χ1v) is 7.16. The number of ether oxygens (including phenoxy) is 2. The molecular formula is C16H23N3O2. The van der Waals surface area contributed by atoms with E-state index in [2.05, 4.69) is 30.3 Å². The van der Waals surface area contributed by atoms with Gasteiger partial charge in [-0.15, -0.1) is 0 Å². The van der Waals surface area contributed by atoms with Crippen molar-refractivity contribution in [3.05, 3.63) is 41.7 Å². The molecule has 1 aromatic carbocycles. The van der Waals surface area contributed by atoms with Crippen molar-refractivity contribution in [2.24, 2.45) is 7.05 Å². The fourth-order valence-corrected chi connectivity index (χ4v) is 2.19. The lowest BCUT2D eigenvalue weighted by Gasteiger charge is -2.16. The molecule has 0 bridgehead atoms. The first-order valence-electron chi connectivity index (χ1n) is 7.16. The first kappa shape index (κ1) is 15.4. The highest BCUT2D eigenvalue weighted by Gasteiger charge is 2.10. The number of benzene rings is 1. The highest BCUT2D eigenvalue weighted by molar-refractivity contribution is 5.43. The van der Waals surface area contributed by atoms with E-state index in [1.54, 1.807) is 11.8 Å². The fraction of sp³-hybridized carbons (Fsp3) is 0.438. The maximum atomic E-state index is 5.80. The van der Waals surface area contributed by atoms with Crippen molar-refractivity contribution in [1.82, 2.24) is 15.1 Å². The van der Waals surface area contributed by atoms with E-state index in [1.165, 1.54) is 5.56 Å². The standard InChI is InChI=1S/C16H23N3O2/c1-5-17-12(2)13-6-7-15(16(10-13)20-4)21-11-14-8-9-19(3)18-14/h6-10,12,17H,5,11H2,1-4H3. The van der Waals surface area contributed by atoms with Gasteiger partial charge in [-0.1, -0.05) is 13.0 Å². The third-order valence-corrected chi connectivity index (χ3v) is 3.34. The van der Waals surface area contributed by atoms with E-state index in [4.69, 9.17) is 9.47 Å². The number of hydrogen-bond donors (Lipinski definition) is 1. The van der Waals surface area contributed by atoms with Gasteiger partial charge < -0.3 is 14.8 Å². The molecule has 0 aliphatic carbocycles. The molecule has 1 heterocycles. The maximum absolute atomic E-state index is 5.80. The Balaban J connectivity index is 2.08. The van der Waals surface area contributed by atoms with E-state index in [0.717, 1.165) is 23.7 Å². The molecule has 0 radical (unpaired) electrons. The lowest BCUT2D eigenvalue weighted by atomic mass is 10.1. The zero-order valence-corrected chi connectivity index (χ0v) is 13.1. The van der Waals surface area contributed by atoms with Crippen LogP contribution in [0.15, 0.2) is 30.5 Å². The van der Waals surface area contributed by atoms with Gasteiger partial charge in [0.05, 0.1) is 12.8 Å². The van der Waals surface area contributed by atoms with Crippen LogP contribution in [0.5, 0.6) is 11.5 Å². The van der Waals surface area contributed by atoms with Gasteiger partial charge in [-0.3, -0.25) is 4.68 Å². The van der Waals surface area contributed by atoms with Crippen LogP contribution in [0, 0.1) is 0 Å².